The molecular weight excluding hydrogens is 668 g/mol. The average molecular weight is 698 g/mol. The van der Waals surface area contributed by atoms with Crippen LogP contribution in [0.25, 0.3) is 11.1 Å². The fourth-order valence-corrected chi connectivity index (χ4v) is 6.96. The lowest BCUT2D eigenvalue weighted by Gasteiger charge is -2.44. The van der Waals surface area contributed by atoms with Gasteiger partial charge in [0, 0.05) is 33.3 Å². The molecule has 0 amide bonds. The van der Waals surface area contributed by atoms with Gasteiger partial charge in [-0.1, -0.05) is 23.9 Å². The summed E-state index contributed by atoms with van der Waals surface area (Å²) in [5, 5.41) is 11.1. The van der Waals surface area contributed by atoms with Crippen LogP contribution in [0.15, 0.2) is 38.8 Å². The van der Waals surface area contributed by atoms with Crippen LogP contribution in [-0.4, -0.2) is 78.7 Å². The van der Waals surface area contributed by atoms with Gasteiger partial charge in [0.05, 0.1) is 17.1 Å². The van der Waals surface area contributed by atoms with Gasteiger partial charge in [-0.2, -0.15) is 5.26 Å². The van der Waals surface area contributed by atoms with E-state index in [-0.39, 0.29) is 17.2 Å². The molecule has 0 aliphatic carbocycles. The first kappa shape index (κ1) is 34.2. The topological polar surface area (TPSA) is 160 Å². The lowest BCUT2D eigenvalue weighted by molar-refractivity contribution is -0.237. The molecule has 3 rings (SSSR count). The highest BCUT2D eigenvalue weighted by atomic mass is 79.9. The first-order valence-corrected chi connectivity index (χ1v) is 15.6. The molecule has 230 valence electrons. The monoisotopic (exact) mass is 696 g/mol. The maximum absolute atomic E-state index is 12.2. The van der Waals surface area contributed by atoms with Crippen LogP contribution in [-0.2, 0) is 42.9 Å². The Kier molecular flexibility index (Phi) is 12.3. The third-order valence-corrected chi connectivity index (χ3v) is 8.78. The zero-order valence-corrected chi connectivity index (χ0v) is 27.3. The number of nitrogens with zero attached hydrogens (tertiary/aromatic N) is 2. The minimum Gasteiger partial charge on any atom is -0.497 e. The highest BCUT2D eigenvalue weighted by Gasteiger charge is 2.52. The Morgan fingerprint density at radius 3 is 2.02 bits per heavy atom. The average Bonchev–Trinajstić information content (AvgIpc) is 2.94. The van der Waals surface area contributed by atoms with Crippen LogP contribution in [0.5, 0.6) is 5.75 Å². The normalized spacial score (nSPS) is 21.2. The van der Waals surface area contributed by atoms with Crippen molar-refractivity contribution in [2.75, 3.05) is 20.0 Å². The molecule has 5 atom stereocenters. The SMILES string of the molecule is COc1ccc(-c2c(Br)c(SC)nc(SC3OC(COC(C)=O)C(OC(C)=O)C(OC(C)=O)C3OC(C)=O)c2C#N)cc1. The number of methoxy groups -OCH3 is 1. The van der Waals surface area contributed by atoms with Crippen LogP contribution in [0.2, 0.25) is 0 Å². The highest BCUT2D eigenvalue weighted by Crippen LogP contribution is 2.44. The summed E-state index contributed by atoms with van der Waals surface area (Å²) in [7, 11) is 1.55. The number of halogens is 1. The van der Waals surface area contributed by atoms with Crippen LogP contribution >= 0.6 is 39.5 Å². The minimum atomic E-state index is -1.35. The van der Waals surface area contributed by atoms with Gasteiger partial charge in [0.15, 0.2) is 23.7 Å². The predicted octanol–water partition coefficient (Wildman–Crippen LogP) is 4.29. The van der Waals surface area contributed by atoms with Crippen LogP contribution in [0.1, 0.15) is 33.3 Å². The Labute approximate surface area is 265 Å². The molecule has 1 aliphatic rings. The lowest BCUT2D eigenvalue weighted by atomic mass is 9.99. The van der Waals surface area contributed by atoms with E-state index < -0.39 is 53.7 Å². The van der Waals surface area contributed by atoms with E-state index in [2.05, 4.69) is 27.0 Å². The summed E-state index contributed by atoms with van der Waals surface area (Å²) in [5.41, 5.74) is 0.287. The van der Waals surface area contributed by atoms with Crippen molar-refractivity contribution in [3.8, 4) is 22.9 Å². The van der Waals surface area contributed by atoms with Crippen LogP contribution in [0, 0.1) is 11.3 Å². The second-order valence-electron chi connectivity index (χ2n) is 9.02. The second kappa shape index (κ2) is 15.4. The van der Waals surface area contributed by atoms with Gasteiger partial charge in [0.2, 0.25) is 0 Å². The summed E-state index contributed by atoms with van der Waals surface area (Å²) >= 11 is 5.87. The van der Waals surface area contributed by atoms with Crippen LogP contribution in [0.4, 0.5) is 0 Å². The van der Waals surface area contributed by atoms with Gasteiger partial charge in [0.1, 0.15) is 34.6 Å². The maximum Gasteiger partial charge on any atom is 0.303 e. The number of pyridine rings is 1. The van der Waals surface area contributed by atoms with Crippen molar-refractivity contribution in [2.24, 2.45) is 0 Å². The maximum atomic E-state index is 12.2. The van der Waals surface area contributed by atoms with Gasteiger partial charge in [-0.3, -0.25) is 19.2 Å². The zero-order chi connectivity index (χ0) is 31.8. The number of rotatable bonds is 10. The summed E-state index contributed by atoms with van der Waals surface area (Å²) in [6.45, 7) is 4.26. The molecule has 0 bridgehead atoms. The Morgan fingerprint density at radius 1 is 0.930 bits per heavy atom. The van der Waals surface area contributed by atoms with Crippen molar-refractivity contribution in [1.29, 1.82) is 5.26 Å². The first-order valence-electron chi connectivity index (χ1n) is 12.7. The first-order chi connectivity index (χ1) is 20.4. The van der Waals surface area contributed by atoms with Gasteiger partial charge in [-0.05, 0) is 39.9 Å². The summed E-state index contributed by atoms with van der Waals surface area (Å²) in [4.78, 5) is 52.8. The van der Waals surface area contributed by atoms with E-state index in [1.807, 2.05) is 6.26 Å². The van der Waals surface area contributed by atoms with Crippen molar-refractivity contribution in [1.82, 2.24) is 4.98 Å². The van der Waals surface area contributed by atoms with E-state index in [9.17, 15) is 24.4 Å². The molecular formula is C28H29BrN2O10S2. The quantitative estimate of drug-likeness (QED) is 0.197. The largest absolute Gasteiger partial charge is 0.497 e. The van der Waals surface area contributed by atoms with Crippen molar-refractivity contribution in [2.45, 2.75) is 67.6 Å². The van der Waals surface area contributed by atoms with Gasteiger partial charge in [0.25, 0.3) is 0 Å². The number of benzene rings is 1. The summed E-state index contributed by atoms with van der Waals surface area (Å²) in [6, 6.07) is 9.33. The number of carbonyl (C=O) groups is 4. The van der Waals surface area contributed by atoms with Crippen LogP contribution in [0.3, 0.4) is 0 Å². The summed E-state index contributed by atoms with van der Waals surface area (Å²) in [6.07, 6.45) is -3.28. The molecule has 1 fully saturated rings. The van der Waals surface area contributed by atoms with Crippen molar-refractivity contribution in [3.05, 3.63) is 34.3 Å². The number of ether oxygens (including phenoxy) is 6. The molecule has 1 saturated heterocycles. The van der Waals surface area contributed by atoms with E-state index in [1.165, 1.54) is 18.7 Å². The molecule has 0 radical (unpaired) electrons. The van der Waals surface area contributed by atoms with E-state index in [4.69, 9.17) is 28.4 Å². The summed E-state index contributed by atoms with van der Waals surface area (Å²) in [5.74, 6) is -2.21. The molecule has 2 aromatic rings. The lowest BCUT2D eigenvalue weighted by Crippen LogP contribution is -2.61. The molecule has 0 spiro atoms. The number of hydrogen-bond acceptors (Lipinski definition) is 14. The fourth-order valence-electron chi connectivity index (χ4n) is 4.27. The summed E-state index contributed by atoms with van der Waals surface area (Å²) < 4.78 is 33.7. The van der Waals surface area contributed by atoms with Gasteiger partial charge in [-0.25, -0.2) is 4.98 Å². The van der Waals surface area contributed by atoms with Gasteiger partial charge < -0.3 is 28.4 Å². The smallest absolute Gasteiger partial charge is 0.303 e. The minimum absolute atomic E-state index is 0.188. The molecule has 43 heavy (non-hydrogen) atoms. The molecule has 1 aromatic carbocycles. The third kappa shape index (κ3) is 8.62. The number of hydrogen-bond donors (Lipinski definition) is 0. The molecule has 5 unspecified atom stereocenters. The highest BCUT2D eigenvalue weighted by molar-refractivity contribution is 9.10. The number of esters is 4. The molecule has 15 heteroatoms. The van der Waals surface area contributed by atoms with Gasteiger partial charge in [-0.15, -0.1) is 11.8 Å². The fraction of sp³-hybridized carbons (Fsp3) is 0.429. The van der Waals surface area contributed by atoms with E-state index in [0.717, 1.165) is 32.5 Å². The number of carbonyl (C=O) groups excluding carboxylic acids is 4. The van der Waals surface area contributed by atoms with E-state index in [1.54, 1.807) is 31.4 Å². The number of nitriles is 1. The van der Waals surface area contributed by atoms with Crippen molar-refractivity contribution in [3.63, 3.8) is 0 Å². The van der Waals surface area contributed by atoms with Crippen molar-refractivity contribution >= 4 is 63.3 Å². The molecule has 1 aliphatic heterocycles. The number of thioether (sulfide) groups is 2. The van der Waals surface area contributed by atoms with Gasteiger partial charge >= 0.3 is 23.9 Å². The van der Waals surface area contributed by atoms with Crippen LogP contribution < -0.4 is 4.74 Å². The van der Waals surface area contributed by atoms with E-state index in [0.29, 0.717) is 26.4 Å². The zero-order valence-electron chi connectivity index (χ0n) is 24.1. The molecule has 0 saturated carbocycles. The Bertz CT molecular complexity index is 1420. The molecule has 12 nitrogen and oxygen atoms in total. The second-order valence-corrected chi connectivity index (χ2v) is 11.7. The number of aromatic nitrogens is 1. The third-order valence-electron chi connectivity index (χ3n) is 5.93. The molecule has 0 N–H and O–H groups in total. The van der Waals surface area contributed by atoms with E-state index >= 15 is 0 Å². The predicted molar refractivity (Wildman–Crippen MR) is 158 cm³/mol. The molecule has 1 aromatic heterocycles. The Balaban J connectivity index is 2.18. The van der Waals surface area contributed by atoms with Crippen molar-refractivity contribution < 1.29 is 47.6 Å². The standard InChI is InChI=1S/C28H29BrN2O10S2/c1-13(32)37-12-20-23(38-14(2)33)24(39-15(3)34)25(40-16(4)35)28(41-20)43-26-19(11-30)21(22(29)27(31-26)42-6)17-7-9-18(36-5)10-8-17/h7-10,20,23-25,28H,12H2,1-6H3. The Hall–Kier alpha value is -3.32. The Morgan fingerprint density at radius 2 is 1.51 bits per heavy atom. The molecule has 2 heterocycles.